The van der Waals surface area contributed by atoms with Crippen molar-refractivity contribution in [3.8, 4) is 0 Å². The van der Waals surface area contributed by atoms with Crippen molar-refractivity contribution in [3.05, 3.63) is 12.3 Å². The van der Waals surface area contributed by atoms with Crippen molar-refractivity contribution < 1.29 is 0 Å². The number of aliphatic imine (C=N–C) groups is 1. The van der Waals surface area contributed by atoms with E-state index < -0.39 is 0 Å². The number of hydrogen-bond donors (Lipinski definition) is 1. The van der Waals surface area contributed by atoms with E-state index in [1.165, 1.54) is 0 Å². The highest BCUT2D eigenvalue weighted by atomic mass is 14.8. The molecule has 0 saturated carbocycles. The zero-order chi connectivity index (χ0) is 6.69. The fourth-order valence-electron chi connectivity index (χ4n) is 0.931. The predicted molar refractivity (Wildman–Crippen MR) is 39.4 cm³/mol. The maximum atomic E-state index is 5.43. The first-order chi connectivity index (χ1) is 4.34. The Morgan fingerprint density at radius 3 is 3.11 bits per heavy atom. The van der Waals surface area contributed by atoms with E-state index in [0.717, 1.165) is 12.1 Å². The third kappa shape index (κ3) is 1.39. The van der Waals surface area contributed by atoms with Crippen LogP contribution in [0.25, 0.3) is 0 Å². The van der Waals surface area contributed by atoms with Crippen molar-refractivity contribution >= 4 is 5.71 Å². The zero-order valence-corrected chi connectivity index (χ0v) is 5.67. The Kier molecular flexibility index (Phi) is 2.01. The molecule has 1 aliphatic rings. The van der Waals surface area contributed by atoms with Crippen molar-refractivity contribution in [1.29, 1.82) is 0 Å². The molecule has 9 heavy (non-hydrogen) atoms. The molecule has 1 heterocycles. The van der Waals surface area contributed by atoms with Crippen LogP contribution in [0.3, 0.4) is 0 Å². The fourth-order valence-corrected chi connectivity index (χ4v) is 0.931. The quantitative estimate of drug-likeness (QED) is 0.555. The standard InChI is InChI=1S/C7H12N2/c1-6-3-2-4-9-7(6)5-8/h2,4,6H,3,5,8H2,1H3. The summed E-state index contributed by atoms with van der Waals surface area (Å²) in [5.41, 5.74) is 6.55. The lowest BCUT2D eigenvalue weighted by atomic mass is 10.0. The molecule has 1 unspecified atom stereocenters. The van der Waals surface area contributed by atoms with E-state index in [9.17, 15) is 0 Å². The molecule has 0 bridgehead atoms. The summed E-state index contributed by atoms with van der Waals surface area (Å²) in [6, 6.07) is 0. The molecule has 0 saturated heterocycles. The smallest absolute Gasteiger partial charge is 0.0345 e. The number of allylic oxidation sites excluding steroid dienone is 1. The Balaban J connectivity index is 2.63. The Bertz CT molecular complexity index is 147. The van der Waals surface area contributed by atoms with Gasteiger partial charge in [0.1, 0.15) is 0 Å². The van der Waals surface area contributed by atoms with Gasteiger partial charge in [-0.05, 0) is 12.3 Å². The molecule has 1 rings (SSSR count). The number of nitrogens with zero attached hydrogens (tertiary/aromatic N) is 1. The summed E-state index contributed by atoms with van der Waals surface area (Å²) in [5, 5.41) is 0. The van der Waals surface area contributed by atoms with Crippen molar-refractivity contribution in [1.82, 2.24) is 0 Å². The summed E-state index contributed by atoms with van der Waals surface area (Å²) < 4.78 is 0. The van der Waals surface area contributed by atoms with E-state index in [1.54, 1.807) is 0 Å². The lowest BCUT2D eigenvalue weighted by Gasteiger charge is -2.12. The largest absolute Gasteiger partial charge is 0.325 e. The molecular formula is C7H12N2. The lowest BCUT2D eigenvalue weighted by Crippen LogP contribution is -2.22. The lowest BCUT2D eigenvalue weighted by molar-refractivity contribution is 0.764. The molecule has 2 nitrogen and oxygen atoms in total. The first-order valence-electron chi connectivity index (χ1n) is 3.26. The zero-order valence-electron chi connectivity index (χ0n) is 5.67. The molecule has 0 aromatic rings. The monoisotopic (exact) mass is 124 g/mol. The van der Waals surface area contributed by atoms with Crippen LogP contribution in [-0.2, 0) is 0 Å². The highest BCUT2D eigenvalue weighted by Crippen LogP contribution is 2.09. The second-order valence-corrected chi connectivity index (χ2v) is 2.35. The van der Waals surface area contributed by atoms with Gasteiger partial charge in [0.25, 0.3) is 0 Å². The molecule has 0 aromatic carbocycles. The average molecular weight is 124 g/mol. The van der Waals surface area contributed by atoms with Gasteiger partial charge in [0, 0.05) is 18.5 Å². The van der Waals surface area contributed by atoms with E-state index in [2.05, 4.69) is 18.0 Å². The Morgan fingerprint density at radius 1 is 1.89 bits per heavy atom. The Morgan fingerprint density at radius 2 is 2.67 bits per heavy atom. The van der Waals surface area contributed by atoms with Crippen LogP contribution in [0.4, 0.5) is 0 Å². The van der Waals surface area contributed by atoms with Crippen LogP contribution in [-0.4, -0.2) is 12.3 Å². The van der Waals surface area contributed by atoms with Crippen LogP contribution in [0.1, 0.15) is 13.3 Å². The topological polar surface area (TPSA) is 38.4 Å². The molecule has 0 aromatic heterocycles. The number of hydrogen-bond acceptors (Lipinski definition) is 2. The van der Waals surface area contributed by atoms with E-state index in [4.69, 9.17) is 5.73 Å². The van der Waals surface area contributed by atoms with Gasteiger partial charge in [-0.1, -0.05) is 13.0 Å². The van der Waals surface area contributed by atoms with Gasteiger partial charge < -0.3 is 5.73 Å². The normalized spacial score (nSPS) is 26.0. The minimum atomic E-state index is 0.556. The molecule has 1 aliphatic heterocycles. The van der Waals surface area contributed by atoms with Gasteiger partial charge in [0.05, 0.1) is 0 Å². The first-order valence-corrected chi connectivity index (χ1v) is 3.26. The summed E-state index contributed by atoms with van der Waals surface area (Å²) in [5.74, 6) is 0.556. The van der Waals surface area contributed by atoms with Crippen LogP contribution < -0.4 is 5.73 Å². The van der Waals surface area contributed by atoms with Gasteiger partial charge in [-0.3, -0.25) is 4.99 Å². The van der Waals surface area contributed by atoms with Crippen LogP contribution >= 0.6 is 0 Å². The summed E-state index contributed by atoms with van der Waals surface area (Å²) in [6.07, 6.45) is 5.00. The maximum Gasteiger partial charge on any atom is 0.0345 e. The van der Waals surface area contributed by atoms with E-state index in [1.807, 2.05) is 6.20 Å². The van der Waals surface area contributed by atoms with Crippen LogP contribution in [0, 0.1) is 5.92 Å². The van der Waals surface area contributed by atoms with Crippen LogP contribution in [0.2, 0.25) is 0 Å². The third-order valence-electron chi connectivity index (χ3n) is 1.61. The van der Waals surface area contributed by atoms with Gasteiger partial charge in [0.2, 0.25) is 0 Å². The molecule has 2 heteroatoms. The predicted octanol–water partition coefficient (Wildman–Crippen LogP) is 0.940. The van der Waals surface area contributed by atoms with E-state index in [0.29, 0.717) is 12.5 Å². The van der Waals surface area contributed by atoms with Crippen molar-refractivity contribution in [3.63, 3.8) is 0 Å². The van der Waals surface area contributed by atoms with Gasteiger partial charge in [-0.15, -0.1) is 0 Å². The Hall–Kier alpha value is -0.630. The molecule has 0 fully saturated rings. The molecular weight excluding hydrogens is 112 g/mol. The van der Waals surface area contributed by atoms with Gasteiger partial charge in [0.15, 0.2) is 0 Å². The highest BCUT2D eigenvalue weighted by molar-refractivity contribution is 5.89. The summed E-state index contributed by atoms with van der Waals surface area (Å²) in [4.78, 5) is 4.14. The minimum absolute atomic E-state index is 0.556. The SMILES string of the molecule is CC1CC=CN=C1CN. The highest BCUT2D eigenvalue weighted by Gasteiger charge is 2.08. The summed E-state index contributed by atoms with van der Waals surface area (Å²) >= 11 is 0. The van der Waals surface area contributed by atoms with Gasteiger partial charge in [-0.25, -0.2) is 0 Å². The first kappa shape index (κ1) is 6.49. The molecule has 0 spiro atoms. The van der Waals surface area contributed by atoms with Gasteiger partial charge in [-0.2, -0.15) is 0 Å². The maximum absolute atomic E-state index is 5.43. The minimum Gasteiger partial charge on any atom is -0.325 e. The van der Waals surface area contributed by atoms with Crippen molar-refractivity contribution in [2.45, 2.75) is 13.3 Å². The van der Waals surface area contributed by atoms with Crippen molar-refractivity contribution in [2.75, 3.05) is 6.54 Å². The third-order valence-corrected chi connectivity index (χ3v) is 1.61. The molecule has 0 radical (unpaired) electrons. The summed E-state index contributed by atoms with van der Waals surface area (Å²) in [7, 11) is 0. The van der Waals surface area contributed by atoms with Crippen LogP contribution in [0.15, 0.2) is 17.3 Å². The van der Waals surface area contributed by atoms with Crippen LogP contribution in [0.5, 0.6) is 0 Å². The molecule has 2 N–H and O–H groups in total. The fraction of sp³-hybridized carbons (Fsp3) is 0.571. The molecule has 0 aliphatic carbocycles. The molecule has 1 atom stereocenters. The second kappa shape index (κ2) is 2.78. The van der Waals surface area contributed by atoms with Crippen molar-refractivity contribution in [2.24, 2.45) is 16.6 Å². The average Bonchev–Trinajstić information content (AvgIpc) is 1.89. The molecule has 50 valence electrons. The van der Waals surface area contributed by atoms with E-state index >= 15 is 0 Å². The number of nitrogens with two attached hydrogens (primary N) is 1. The number of rotatable bonds is 1. The molecule has 0 amide bonds. The Labute approximate surface area is 55.5 Å². The second-order valence-electron chi connectivity index (χ2n) is 2.35. The van der Waals surface area contributed by atoms with Gasteiger partial charge >= 0.3 is 0 Å². The summed E-state index contributed by atoms with van der Waals surface area (Å²) in [6.45, 7) is 2.75. The van der Waals surface area contributed by atoms with E-state index in [-0.39, 0.29) is 0 Å².